The van der Waals surface area contributed by atoms with E-state index in [-0.39, 0.29) is 0 Å². The third-order valence-electron chi connectivity index (χ3n) is 3.90. The van der Waals surface area contributed by atoms with Crippen molar-refractivity contribution < 1.29 is 5.11 Å². The molecule has 0 saturated heterocycles. The number of phenols is 1. The molecule has 1 aromatic carbocycles. The van der Waals surface area contributed by atoms with Crippen LogP contribution in [0.3, 0.4) is 0 Å². The maximum atomic E-state index is 9.81. The molecule has 1 N–H and O–H groups in total. The summed E-state index contributed by atoms with van der Waals surface area (Å²) in [4.78, 5) is 0. The van der Waals surface area contributed by atoms with E-state index in [2.05, 4.69) is 6.07 Å². The SMILES string of the molecule is Oc1cccc2c1CCCC1CC2C1. The van der Waals surface area contributed by atoms with Gasteiger partial charge in [0.25, 0.3) is 0 Å². The Morgan fingerprint density at radius 1 is 1.21 bits per heavy atom. The van der Waals surface area contributed by atoms with Crippen LogP contribution >= 0.6 is 0 Å². The van der Waals surface area contributed by atoms with Crippen molar-refractivity contribution in [2.75, 3.05) is 0 Å². The molecule has 3 aliphatic rings. The molecule has 1 nitrogen and oxygen atoms in total. The average molecular weight is 188 g/mol. The minimum Gasteiger partial charge on any atom is -0.508 e. The molecule has 0 spiro atoms. The molecule has 3 aliphatic carbocycles. The van der Waals surface area contributed by atoms with Gasteiger partial charge in [-0.05, 0) is 54.7 Å². The summed E-state index contributed by atoms with van der Waals surface area (Å²) in [7, 11) is 0. The van der Waals surface area contributed by atoms with E-state index in [1.165, 1.54) is 36.8 Å². The van der Waals surface area contributed by atoms with Crippen molar-refractivity contribution >= 4 is 0 Å². The number of aromatic hydroxyl groups is 1. The van der Waals surface area contributed by atoms with Crippen LogP contribution in [0.2, 0.25) is 0 Å². The van der Waals surface area contributed by atoms with Crippen molar-refractivity contribution in [3.63, 3.8) is 0 Å². The Hall–Kier alpha value is -0.980. The molecule has 0 amide bonds. The Morgan fingerprint density at radius 3 is 2.93 bits per heavy atom. The van der Waals surface area contributed by atoms with Gasteiger partial charge < -0.3 is 5.11 Å². The molecular formula is C13H16O. The van der Waals surface area contributed by atoms with Gasteiger partial charge in [0.2, 0.25) is 0 Å². The summed E-state index contributed by atoms with van der Waals surface area (Å²) in [6, 6.07) is 6.03. The van der Waals surface area contributed by atoms with Crippen molar-refractivity contribution in [1.82, 2.24) is 0 Å². The first-order chi connectivity index (χ1) is 6.84. The van der Waals surface area contributed by atoms with E-state index in [1.54, 1.807) is 0 Å². The van der Waals surface area contributed by atoms with Crippen LogP contribution in [0, 0.1) is 5.92 Å². The molecule has 2 bridgehead atoms. The van der Waals surface area contributed by atoms with Crippen LogP contribution < -0.4 is 0 Å². The van der Waals surface area contributed by atoms with E-state index >= 15 is 0 Å². The first-order valence-corrected chi connectivity index (χ1v) is 5.65. The van der Waals surface area contributed by atoms with Crippen LogP contribution in [0.15, 0.2) is 18.2 Å². The van der Waals surface area contributed by atoms with Gasteiger partial charge in [-0.2, -0.15) is 0 Å². The molecule has 0 aliphatic heterocycles. The van der Waals surface area contributed by atoms with E-state index in [9.17, 15) is 5.11 Å². The number of hydrogen-bond acceptors (Lipinski definition) is 1. The lowest BCUT2D eigenvalue weighted by Crippen LogP contribution is -2.25. The number of phenolic OH excluding ortho intramolecular Hbond substituents is 1. The summed E-state index contributed by atoms with van der Waals surface area (Å²) in [5, 5.41) is 9.81. The third-order valence-corrected chi connectivity index (χ3v) is 3.90. The number of benzene rings is 1. The Bertz CT molecular complexity index is 350. The maximum absolute atomic E-state index is 9.81. The van der Waals surface area contributed by atoms with E-state index in [4.69, 9.17) is 0 Å². The second kappa shape index (κ2) is 3.01. The summed E-state index contributed by atoms with van der Waals surface area (Å²) in [5.74, 6) is 2.26. The molecule has 1 fully saturated rings. The summed E-state index contributed by atoms with van der Waals surface area (Å²) in [6.45, 7) is 0. The average Bonchev–Trinajstić information content (AvgIpc) is 2.04. The fraction of sp³-hybridized carbons (Fsp3) is 0.538. The molecule has 1 aromatic rings. The number of hydrogen-bond donors (Lipinski definition) is 1. The smallest absolute Gasteiger partial charge is 0.119 e. The van der Waals surface area contributed by atoms with Crippen LogP contribution in [0.5, 0.6) is 5.75 Å². The molecule has 74 valence electrons. The molecule has 1 saturated carbocycles. The third kappa shape index (κ3) is 1.15. The first-order valence-electron chi connectivity index (χ1n) is 5.65. The van der Waals surface area contributed by atoms with E-state index in [0.29, 0.717) is 5.75 Å². The Kier molecular flexibility index (Phi) is 1.79. The molecule has 14 heavy (non-hydrogen) atoms. The quantitative estimate of drug-likeness (QED) is 0.662. The fourth-order valence-corrected chi connectivity index (χ4v) is 3.04. The molecule has 1 heteroatoms. The van der Waals surface area contributed by atoms with Crippen LogP contribution in [-0.2, 0) is 6.42 Å². The van der Waals surface area contributed by atoms with E-state index < -0.39 is 0 Å². The molecule has 4 rings (SSSR count). The molecule has 0 aromatic heterocycles. The monoisotopic (exact) mass is 188 g/mol. The lowest BCUT2D eigenvalue weighted by atomic mass is 9.66. The highest BCUT2D eigenvalue weighted by atomic mass is 16.3. The summed E-state index contributed by atoms with van der Waals surface area (Å²) < 4.78 is 0. The molecule has 0 heterocycles. The summed E-state index contributed by atoms with van der Waals surface area (Å²) in [6.07, 6.45) is 6.41. The zero-order valence-corrected chi connectivity index (χ0v) is 8.37. The molecule has 0 atom stereocenters. The van der Waals surface area contributed by atoms with Gasteiger partial charge in [-0.1, -0.05) is 18.6 Å². The van der Waals surface area contributed by atoms with Crippen LogP contribution in [0.25, 0.3) is 0 Å². The van der Waals surface area contributed by atoms with Gasteiger partial charge in [0, 0.05) is 0 Å². The van der Waals surface area contributed by atoms with Crippen molar-refractivity contribution in [2.45, 2.75) is 38.0 Å². The highest BCUT2D eigenvalue weighted by molar-refractivity contribution is 5.42. The normalized spacial score (nSPS) is 29.7. The lowest BCUT2D eigenvalue weighted by Gasteiger charge is -2.39. The van der Waals surface area contributed by atoms with Crippen LogP contribution in [0.4, 0.5) is 0 Å². The van der Waals surface area contributed by atoms with E-state index in [1.807, 2.05) is 12.1 Å². The minimum atomic E-state index is 0.521. The summed E-state index contributed by atoms with van der Waals surface area (Å²) in [5.41, 5.74) is 2.66. The van der Waals surface area contributed by atoms with Gasteiger partial charge in [-0.25, -0.2) is 0 Å². The van der Waals surface area contributed by atoms with Gasteiger partial charge in [-0.3, -0.25) is 0 Å². The standard InChI is InChI=1S/C13H16O/c14-13-6-2-4-11-10-7-9(8-10)3-1-5-12(11)13/h2,4,6,9-10,14H,1,3,5,7-8H2. The zero-order valence-electron chi connectivity index (χ0n) is 8.37. The molecule has 0 unspecified atom stereocenters. The highest BCUT2D eigenvalue weighted by Crippen LogP contribution is 2.48. The number of rotatable bonds is 0. The van der Waals surface area contributed by atoms with Crippen molar-refractivity contribution in [2.24, 2.45) is 5.92 Å². The van der Waals surface area contributed by atoms with Crippen LogP contribution in [0.1, 0.15) is 42.7 Å². The second-order valence-corrected chi connectivity index (χ2v) is 4.77. The zero-order chi connectivity index (χ0) is 9.54. The maximum Gasteiger partial charge on any atom is 0.119 e. The van der Waals surface area contributed by atoms with Gasteiger partial charge in [0.15, 0.2) is 0 Å². The Morgan fingerprint density at radius 2 is 2.07 bits per heavy atom. The topological polar surface area (TPSA) is 20.2 Å². The van der Waals surface area contributed by atoms with Crippen molar-refractivity contribution in [3.05, 3.63) is 29.3 Å². The van der Waals surface area contributed by atoms with Gasteiger partial charge >= 0.3 is 0 Å². The van der Waals surface area contributed by atoms with Gasteiger partial charge in [-0.15, -0.1) is 0 Å². The fourth-order valence-electron chi connectivity index (χ4n) is 3.04. The van der Waals surface area contributed by atoms with Gasteiger partial charge in [0.1, 0.15) is 5.75 Å². The van der Waals surface area contributed by atoms with Crippen LogP contribution in [-0.4, -0.2) is 5.11 Å². The predicted molar refractivity (Wildman–Crippen MR) is 56.5 cm³/mol. The molecule has 0 radical (unpaired) electrons. The number of fused-ring (bicyclic) bond motifs is 2. The van der Waals surface area contributed by atoms with E-state index in [0.717, 1.165) is 18.3 Å². The minimum absolute atomic E-state index is 0.521. The first kappa shape index (κ1) is 8.34. The largest absolute Gasteiger partial charge is 0.508 e. The van der Waals surface area contributed by atoms with Crippen molar-refractivity contribution in [3.8, 4) is 5.75 Å². The highest BCUT2D eigenvalue weighted by Gasteiger charge is 2.33. The summed E-state index contributed by atoms with van der Waals surface area (Å²) >= 11 is 0. The lowest BCUT2D eigenvalue weighted by molar-refractivity contribution is 0.233. The predicted octanol–water partition coefficient (Wildman–Crippen LogP) is 3.22. The Labute approximate surface area is 84.8 Å². The van der Waals surface area contributed by atoms with Crippen molar-refractivity contribution in [1.29, 1.82) is 0 Å². The Balaban J connectivity index is 2.05. The molecular weight excluding hydrogens is 172 g/mol. The van der Waals surface area contributed by atoms with Gasteiger partial charge in [0.05, 0.1) is 0 Å². The second-order valence-electron chi connectivity index (χ2n) is 4.77.